The number of nitrogens with zero attached hydrogens (tertiary/aromatic N) is 1. The number of methoxy groups -OCH3 is 1. The average Bonchev–Trinajstić information content (AvgIpc) is 2.88. The second kappa shape index (κ2) is 13.0. The van der Waals surface area contributed by atoms with Crippen LogP contribution in [0, 0.1) is 5.92 Å². The highest BCUT2D eigenvalue weighted by molar-refractivity contribution is 6.42. The molecule has 0 aliphatic carbocycles. The van der Waals surface area contributed by atoms with Gasteiger partial charge in [0.25, 0.3) is 11.8 Å². The van der Waals surface area contributed by atoms with E-state index in [4.69, 9.17) is 32.7 Å². The van der Waals surface area contributed by atoms with Crippen molar-refractivity contribution in [1.29, 1.82) is 0 Å². The smallest absolute Gasteiger partial charge is 0.262 e. The molecule has 0 aliphatic heterocycles. The highest BCUT2D eigenvalue weighted by atomic mass is 35.5. The maximum Gasteiger partial charge on any atom is 0.262 e. The van der Waals surface area contributed by atoms with Crippen LogP contribution in [0.2, 0.25) is 10.0 Å². The molecule has 3 aromatic rings. The Balaban J connectivity index is 1.61. The van der Waals surface area contributed by atoms with Gasteiger partial charge in [-0.3, -0.25) is 9.59 Å². The van der Waals surface area contributed by atoms with Crippen LogP contribution in [0.25, 0.3) is 0 Å². The van der Waals surface area contributed by atoms with E-state index in [0.717, 1.165) is 5.56 Å². The zero-order chi connectivity index (χ0) is 26.1. The molecule has 188 valence electrons. The molecule has 0 aromatic heterocycles. The molecule has 1 unspecified atom stereocenters. The Bertz CT molecular complexity index is 1230. The Morgan fingerprint density at radius 2 is 1.72 bits per heavy atom. The van der Waals surface area contributed by atoms with Crippen LogP contribution in [0.5, 0.6) is 11.5 Å². The van der Waals surface area contributed by atoms with E-state index in [1.807, 2.05) is 44.2 Å². The predicted molar refractivity (Wildman–Crippen MR) is 142 cm³/mol. The lowest BCUT2D eigenvalue weighted by Crippen LogP contribution is -2.48. The third-order valence-corrected chi connectivity index (χ3v) is 5.97. The lowest BCUT2D eigenvalue weighted by Gasteiger charge is -2.20. The van der Waals surface area contributed by atoms with Crippen LogP contribution in [-0.4, -0.2) is 31.2 Å². The molecule has 0 heterocycles. The van der Waals surface area contributed by atoms with E-state index in [9.17, 15) is 9.59 Å². The molecule has 0 radical (unpaired) electrons. The Kier molecular flexibility index (Phi) is 9.73. The zero-order valence-electron chi connectivity index (χ0n) is 20.1. The van der Waals surface area contributed by atoms with Crippen LogP contribution in [0.4, 0.5) is 0 Å². The van der Waals surface area contributed by atoms with Gasteiger partial charge in [-0.1, -0.05) is 67.4 Å². The number of ether oxygens (including phenoxy) is 2. The average molecular weight is 528 g/mol. The van der Waals surface area contributed by atoms with Crippen molar-refractivity contribution in [2.24, 2.45) is 11.0 Å². The van der Waals surface area contributed by atoms with Crippen molar-refractivity contribution < 1.29 is 19.1 Å². The minimum absolute atomic E-state index is 0.187. The fraction of sp³-hybridized carbons (Fsp3) is 0.222. The SMILES string of the molecule is COc1cc(C=NNC(=O)C(NC(=O)c2ccc(Cl)c(Cl)c2)C(C)C)ccc1OCc1ccccc1. The third-order valence-electron chi connectivity index (χ3n) is 5.23. The number of hydrogen-bond acceptors (Lipinski definition) is 5. The molecule has 0 spiro atoms. The number of halogens is 2. The van der Waals surface area contributed by atoms with Gasteiger partial charge < -0.3 is 14.8 Å². The number of amides is 2. The molecule has 0 aliphatic rings. The van der Waals surface area contributed by atoms with Crippen LogP contribution >= 0.6 is 23.2 Å². The third kappa shape index (κ3) is 7.47. The monoisotopic (exact) mass is 527 g/mol. The lowest BCUT2D eigenvalue weighted by atomic mass is 10.0. The summed E-state index contributed by atoms with van der Waals surface area (Å²) in [6.45, 7) is 4.05. The summed E-state index contributed by atoms with van der Waals surface area (Å²) >= 11 is 11.9. The van der Waals surface area contributed by atoms with Crippen molar-refractivity contribution in [3.8, 4) is 11.5 Å². The van der Waals surface area contributed by atoms with Gasteiger partial charge >= 0.3 is 0 Å². The van der Waals surface area contributed by atoms with E-state index in [-0.39, 0.29) is 10.9 Å². The maximum atomic E-state index is 12.7. The summed E-state index contributed by atoms with van der Waals surface area (Å²) in [4.78, 5) is 25.3. The maximum absolute atomic E-state index is 12.7. The van der Waals surface area contributed by atoms with E-state index < -0.39 is 17.9 Å². The van der Waals surface area contributed by atoms with Gasteiger partial charge in [0.2, 0.25) is 0 Å². The number of carbonyl (C=O) groups excluding carboxylic acids is 2. The van der Waals surface area contributed by atoms with Gasteiger partial charge in [0.1, 0.15) is 12.6 Å². The van der Waals surface area contributed by atoms with Crippen molar-refractivity contribution in [1.82, 2.24) is 10.7 Å². The number of hydrogen-bond donors (Lipinski definition) is 2. The van der Waals surface area contributed by atoms with E-state index in [1.165, 1.54) is 24.4 Å². The number of carbonyl (C=O) groups is 2. The largest absolute Gasteiger partial charge is 0.493 e. The van der Waals surface area contributed by atoms with Gasteiger partial charge in [-0.05, 0) is 53.4 Å². The minimum atomic E-state index is -0.813. The quantitative estimate of drug-likeness (QED) is 0.269. The number of hydrazone groups is 1. The van der Waals surface area contributed by atoms with Gasteiger partial charge in [0.15, 0.2) is 11.5 Å². The van der Waals surface area contributed by atoms with E-state index in [2.05, 4.69) is 15.8 Å². The molecule has 0 bridgehead atoms. The van der Waals surface area contributed by atoms with E-state index in [1.54, 1.807) is 25.3 Å². The summed E-state index contributed by atoms with van der Waals surface area (Å²) in [5.74, 6) is 0.0438. The Hall–Kier alpha value is -3.55. The van der Waals surface area contributed by atoms with Crippen LogP contribution in [0.15, 0.2) is 71.8 Å². The number of rotatable bonds is 10. The first kappa shape index (κ1) is 27.0. The van der Waals surface area contributed by atoms with Crippen molar-refractivity contribution in [3.63, 3.8) is 0 Å². The van der Waals surface area contributed by atoms with Crippen molar-refractivity contribution in [3.05, 3.63) is 93.5 Å². The Labute approximate surface area is 220 Å². The Morgan fingerprint density at radius 1 is 0.972 bits per heavy atom. The highest BCUT2D eigenvalue weighted by Gasteiger charge is 2.24. The molecular formula is C27H27Cl2N3O4. The van der Waals surface area contributed by atoms with Gasteiger partial charge in [-0.25, -0.2) is 5.43 Å². The molecule has 36 heavy (non-hydrogen) atoms. The highest BCUT2D eigenvalue weighted by Crippen LogP contribution is 2.28. The van der Waals surface area contributed by atoms with Crippen LogP contribution < -0.4 is 20.2 Å². The summed E-state index contributed by atoms with van der Waals surface area (Å²) in [6, 6.07) is 18.8. The summed E-state index contributed by atoms with van der Waals surface area (Å²) in [7, 11) is 1.55. The van der Waals surface area contributed by atoms with Gasteiger partial charge in [-0.15, -0.1) is 0 Å². The molecule has 0 saturated heterocycles. The summed E-state index contributed by atoms with van der Waals surface area (Å²) in [5.41, 5.74) is 4.52. The van der Waals surface area contributed by atoms with Crippen LogP contribution in [0.3, 0.4) is 0 Å². The Morgan fingerprint density at radius 3 is 2.39 bits per heavy atom. The fourth-order valence-electron chi connectivity index (χ4n) is 3.26. The second-order valence-electron chi connectivity index (χ2n) is 8.24. The number of benzene rings is 3. The van der Waals surface area contributed by atoms with Crippen LogP contribution in [-0.2, 0) is 11.4 Å². The normalized spacial score (nSPS) is 11.8. The molecule has 0 saturated carbocycles. The molecule has 7 nitrogen and oxygen atoms in total. The first-order valence-corrected chi connectivity index (χ1v) is 12.0. The molecule has 3 rings (SSSR count). The first-order valence-electron chi connectivity index (χ1n) is 11.2. The first-order chi connectivity index (χ1) is 17.3. The fourth-order valence-corrected chi connectivity index (χ4v) is 3.55. The molecule has 1 atom stereocenters. The van der Waals surface area contributed by atoms with E-state index >= 15 is 0 Å². The molecule has 2 N–H and O–H groups in total. The second-order valence-corrected chi connectivity index (χ2v) is 9.06. The van der Waals surface area contributed by atoms with Crippen molar-refractivity contribution in [2.75, 3.05) is 7.11 Å². The summed E-state index contributed by atoms with van der Waals surface area (Å²) in [6.07, 6.45) is 1.49. The van der Waals surface area contributed by atoms with Gasteiger partial charge in [0.05, 0.1) is 23.4 Å². The summed E-state index contributed by atoms with van der Waals surface area (Å²) in [5, 5.41) is 7.35. The molecule has 9 heteroatoms. The van der Waals surface area contributed by atoms with E-state index in [0.29, 0.717) is 34.3 Å². The molecular weight excluding hydrogens is 501 g/mol. The number of nitrogens with one attached hydrogen (secondary N) is 2. The standard InChI is InChI=1S/C27H27Cl2N3O4/c1-17(2)25(31-26(33)20-10-11-21(28)22(29)14-20)27(34)32-30-15-19-9-12-23(24(13-19)35-3)36-16-18-7-5-4-6-8-18/h4-15,17,25H,16H2,1-3H3,(H,31,33)(H,32,34). The van der Waals surface area contributed by atoms with Crippen LogP contribution in [0.1, 0.15) is 35.3 Å². The van der Waals surface area contributed by atoms with Gasteiger partial charge in [-0.2, -0.15) is 5.10 Å². The minimum Gasteiger partial charge on any atom is -0.493 e. The van der Waals surface area contributed by atoms with Gasteiger partial charge in [0, 0.05) is 5.56 Å². The van der Waals surface area contributed by atoms with Crippen molar-refractivity contribution >= 4 is 41.2 Å². The van der Waals surface area contributed by atoms with Crippen molar-refractivity contribution in [2.45, 2.75) is 26.5 Å². The molecule has 3 aromatic carbocycles. The zero-order valence-corrected chi connectivity index (χ0v) is 21.6. The lowest BCUT2D eigenvalue weighted by molar-refractivity contribution is -0.123. The topological polar surface area (TPSA) is 89.0 Å². The molecule has 2 amide bonds. The predicted octanol–water partition coefficient (Wildman–Crippen LogP) is 5.49. The molecule has 0 fully saturated rings. The summed E-state index contributed by atoms with van der Waals surface area (Å²) < 4.78 is 11.3.